The van der Waals surface area contributed by atoms with Crippen LogP contribution in [0.2, 0.25) is 0 Å². The first-order chi connectivity index (χ1) is 13.6. The summed E-state index contributed by atoms with van der Waals surface area (Å²) in [7, 11) is 0. The molecule has 1 aromatic heterocycles. The fraction of sp³-hybridized carbons (Fsp3) is 0.524. The van der Waals surface area contributed by atoms with Crippen LogP contribution in [0.1, 0.15) is 42.5 Å². The zero-order chi connectivity index (χ0) is 19.4. The van der Waals surface area contributed by atoms with Crippen molar-refractivity contribution in [3.05, 3.63) is 48.8 Å². The van der Waals surface area contributed by atoms with Crippen molar-refractivity contribution in [3.8, 4) is 0 Å². The summed E-state index contributed by atoms with van der Waals surface area (Å²) in [4.78, 5) is 26.0. The van der Waals surface area contributed by atoms with Gasteiger partial charge in [0.2, 0.25) is 0 Å². The van der Waals surface area contributed by atoms with E-state index in [4.69, 9.17) is 4.74 Å². The predicted octanol–water partition coefficient (Wildman–Crippen LogP) is 4.89. The third-order valence-corrected chi connectivity index (χ3v) is 9.87. The molecule has 3 aliphatic rings. The first-order valence-electron chi connectivity index (χ1n) is 9.88. The molecule has 2 bridgehead atoms. The highest BCUT2D eigenvalue weighted by atomic mass is 79.9. The van der Waals surface area contributed by atoms with Crippen LogP contribution in [0.3, 0.4) is 0 Å². The second-order valence-electron chi connectivity index (χ2n) is 7.95. The fourth-order valence-electron chi connectivity index (χ4n) is 5.47. The van der Waals surface area contributed by atoms with Gasteiger partial charge in [0.15, 0.2) is 0 Å². The highest BCUT2D eigenvalue weighted by molar-refractivity contribution is 9.10. The lowest BCUT2D eigenvalue weighted by atomic mass is 9.75. The lowest BCUT2D eigenvalue weighted by Gasteiger charge is -2.40. The standard InChI is InChI=1S/C21H22BrNO3S2/c1-2-26-15(24)10-23-20-19(28-21(23)25)16(11-5-7-14(22)8-6-11)17-12-3-4-13(9-12)18(17)27-20/h5-8,12-13,16-18H,2-4,9-10H2,1H3/t12-,13-,16-,17-,18+/m0/s1. The van der Waals surface area contributed by atoms with Crippen LogP contribution < -0.4 is 4.87 Å². The number of hydrogen-bond acceptors (Lipinski definition) is 5. The number of fused-ring (bicyclic) bond motifs is 6. The molecule has 0 amide bonds. The number of thioether (sulfide) groups is 1. The summed E-state index contributed by atoms with van der Waals surface area (Å²) in [5.41, 5.74) is 1.29. The van der Waals surface area contributed by atoms with E-state index in [2.05, 4.69) is 40.2 Å². The van der Waals surface area contributed by atoms with E-state index in [1.54, 1.807) is 11.5 Å². The Hall–Kier alpha value is -1.05. The summed E-state index contributed by atoms with van der Waals surface area (Å²) >= 11 is 6.72. The molecule has 2 fully saturated rings. The smallest absolute Gasteiger partial charge is 0.326 e. The monoisotopic (exact) mass is 479 g/mol. The van der Waals surface area contributed by atoms with E-state index in [1.807, 2.05) is 11.8 Å². The van der Waals surface area contributed by atoms with Gasteiger partial charge in [-0.2, -0.15) is 0 Å². The van der Waals surface area contributed by atoms with E-state index in [9.17, 15) is 9.59 Å². The Morgan fingerprint density at radius 3 is 2.75 bits per heavy atom. The number of benzene rings is 1. The zero-order valence-electron chi connectivity index (χ0n) is 15.6. The van der Waals surface area contributed by atoms with Gasteiger partial charge in [0.1, 0.15) is 6.54 Å². The van der Waals surface area contributed by atoms with Crippen molar-refractivity contribution in [1.29, 1.82) is 0 Å². The Bertz CT molecular complexity index is 967. The second-order valence-corrected chi connectivity index (χ2v) is 11.0. The van der Waals surface area contributed by atoms with Gasteiger partial charge in [-0.15, -0.1) is 11.8 Å². The molecule has 0 spiro atoms. The Kier molecular flexibility index (Phi) is 4.96. The quantitative estimate of drug-likeness (QED) is 0.585. The normalized spacial score (nSPS) is 30.1. The molecule has 0 saturated heterocycles. The topological polar surface area (TPSA) is 48.3 Å². The molecule has 5 rings (SSSR count). The molecule has 4 nitrogen and oxygen atoms in total. The number of nitrogens with zero attached hydrogens (tertiary/aromatic N) is 1. The van der Waals surface area contributed by atoms with Crippen LogP contribution in [0.4, 0.5) is 0 Å². The van der Waals surface area contributed by atoms with Crippen LogP contribution in [0.15, 0.2) is 38.6 Å². The first kappa shape index (κ1) is 18.9. The number of carbonyl (C=O) groups is 1. The van der Waals surface area contributed by atoms with Crippen molar-refractivity contribution in [2.24, 2.45) is 17.8 Å². The van der Waals surface area contributed by atoms with Crippen LogP contribution in [0.25, 0.3) is 0 Å². The molecule has 2 saturated carbocycles. The summed E-state index contributed by atoms with van der Waals surface area (Å²) < 4.78 is 7.85. The number of aromatic nitrogens is 1. The van der Waals surface area contributed by atoms with Gasteiger partial charge in [-0.25, -0.2) is 0 Å². The molecule has 0 radical (unpaired) electrons. The number of thiazole rings is 1. The molecule has 1 aliphatic heterocycles. The van der Waals surface area contributed by atoms with Crippen molar-refractivity contribution < 1.29 is 9.53 Å². The summed E-state index contributed by atoms with van der Waals surface area (Å²) in [5.74, 6) is 2.00. The Morgan fingerprint density at radius 1 is 1.25 bits per heavy atom. The zero-order valence-corrected chi connectivity index (χ0v) is 18.8. The summed E-state index contributed by atoms with van der Waals surface area (Å²) in [5, 5.41) is 1.55. The maximum atomic E-state index is 12.8. The van der Waals surface area contributed by atoms with Crippen molar-refractivity contribution in [3.63, 3.8) is 0 Å². The van der Waals surface area contributed by atoms with Gasteiger partial charge in [-0.05, 0) is 61.6 Å². The highest BCUT2D eigenvalue weighted by Crippen LogP contribution is 2.64. The molecule has 2 heterocycles. The summed E-state index contributed by atoms with van der Waals surface area (Å²) in [6.45, 7) is 2.15. The second kappa shape index (κ2) is 7.33. The Balaban J connectivity index is 1.61. The predicted molar refractivity (Wildman–Crippen MR) is 115 cm³/mol. The van der Waals surface area contributed by atoms with E-state index >= 15 is 0 Å². The van der Waals surface area contributed by atoms with Gasteiger partial charge in [0.05, 0.1) is 11.6 Å². The average Bonchev–Trinajstić information content (AvgIpc) is 3.36. The molecule has 28 heavy (non-hydrogen) atoms. The number of hydrogen-bond donors (Lipinski definition) is 0. The largest absolute Gasteiger partial charge is 0.465 e. The van der Waals surface area contributed by atoms with Gasteiger partial charge in [0.25, 0.3) is 0 Å². The Labute approximate surface area is 180 Å². The van der Waals surface area contributed by atoms with E-state index in [-0.39, 0.29) is 23.3 Å². The van der Waals surface area contributed by atoms with E-state index in [1.165, 1.54) is 36.2 Å². The molecular formula is C21H22BrNO3S2. The molecule has 5 atom stereocenters. The maximum Gasteiger partial charge on any atom is 0.326 e. The number of esters is 1. The maximum absolute atomic E-state index is 12.8. The average molecular weight is 480 g/mol. The highest BCUT2D eigenvalue weighted by Gasteiger charge is 2.55. The lowest BCUT2D eigenvalue weighted by Crippen LogP contribution is -2.34. The molecule has 0 N–H and O–H groups in total. The first-order valence-corrected chi connectivity index (χ1v) is 12.4. The third-order valence-electron chi connectivity index (χ3n) is 6.51. The number of rotatable bonds is 4. The summed E-state index contributed by atoms with van der Waals surface area (Å²) in [6, 6.07) is 8.57. The molecule has 7 heteroatoms. The SMILES string of the molecule is CCOC(=O)Cn1c2c(sc1=O)[C@@H](c1ccc(Br)cc1)[C@@H]1[C@H]3CC[C@@H](C3)[C@H]1S2. The van der Waals surface area contributed by atoms with E-state index < -0.39 is 0 Å². The van der Waals surface area contributed by atoms with Crippen molar-refractivity contribution in [2.45, 2.75) is 48.9 Å². The van der Waals surface area contributed by atoms with Crippen LogP contribution in [-0.2, 0) is 16.1 Å². The minimum Gasteiger partial charge on any atom is -0.465 e. The van der Waals surface area contributed by atoms with Crippen molar-refractivity contribution in [2.75, 3.05) is 6.61 Å². The minimum atomic E-state index is -0.332. The number of ether oxygens (including phenoxy) is 1. The molecule has 0 unspecified atom stereocenters. The summed E-state index contributed by atoms with van der Waals surface area (Å²) in [6.07, 6.45) is 3.92. The lowest BCUT2D eigenvalue weighted by molar-refractivity contribution is -0.144. The van der Waals surface area contributed by atoms with Crippen LogP contribution in [-0.4, -0.2) is 22.4 Å². The molecule has 1 aromatic carbocycles. The van der Waals surface area contributed by atoms with Gasteiger partial charge in [-0.1, -0.05) is 39.4 Å². The van der Waals surface area contributed by atoms with Gasteiger partial charge < -0.3 is 4.74 Å². The van der Waals surface area contributed by atoms with E-state index in [0.29, 0.717) is 17.8 Å². The Morgan fingerprint density at radius 2 is 2.00 bits per heavy atom. The van der Waals surface area contributed by atoms with Gasteiger partial charge >= 0.3 is 10.8 Å². The van der Waals surface area contributed by atoms with Crippen LogP contribution >= 0.6 is 39.0 Å². The van der Waals surface area contributed by atoms with Crippen LogP contribution in [0.5, 0.6) is 0 Å². The fourth-order valence-corrected chi connectivity index (χ4v) is 8.88. The number of halogens is 1. The van der Waals surface area contributed by atoms with Gasteiger partial charge in [0, 0.05) is 20.5 Å². The molecule has 2 aromatic rings. The van der Waals surface area contributed by atoms with Gasteiger partial charge in [-0.3, -0.25) is 14.2 Å². The minimum absolute atomic E-state index is 0.0179. The van der Waals surface area contributed by atoms with E-state index in [0.717, 1.165) is 26.2 Å². The molecule has 2 aliphatic carbocycles. The van der Waals surface area contributed by atoms with Crippen LogP contribution in [0, 0.1) is 17.8 Å². The molecule has 148 valence electrons. The van der Waals surface area contributed by atoms with Crippen molar-refractivity contribution >= 4 is 45.0 Å². The number of carbonyl (C=O) groups excluding carboxylic acids is 1. The van der Waals surface area contributed by atoms with Crippen molar-refractivity contribution in [1.82, 2.24) is 4.57 Å². The third kappa shape index (κ3) is 3.01. The molecular weight excluding hydrogens is 458 g/mol.